The van der Waals surface area contributed by atoms with Crippen molar-refractivity contribution in [1.29, 1.82) is 0 Å². The summed E-state index contributed by atoms with van der Waals surface area (Å²) < 4.78 is 31.6. The largest absolute Gasteiger partial charge is 0.376 e. The number of aromatic nitrogens is 1. The van der Waals surface area contributed by atoms with Gasteiger partial charge in [-0.15, -0.1) is 0 Å². The number of hydrogen-bond donors (Lipinski definition) is 2. The van der Waals surface area contributed by atoms with Crippen LogP contribution in [0.1, 0.15) is 33.8 Å². The summed E-state index contributed by atoms with van der Waals surface area (Å²) in [6.07, 6.45) is 1.86. The predicted octanol–water partition coefficient (Wildman–Crippen LogP) is 2.52. The molecule has 2 aromatic rings. The molecule has 1 fully saturated rings. The molecule has 1 aromatic heterocycles. The molecule has 2 amide bonds. The molecule has 0 radical (unpaired) electrons. The average molecular weight is 361 g/mol. The van der Waals surface area contributed by atoms with Crippen molar-refractivity contribution in [2.45, 2.75) is 18.9 Å². The van der Waals surface area contributed by atoms with Crippen molar-refractivity contribution in [3.8, 4) is 0 Å². The number of benzene rings is 1. The SMILES string of the molecule is O=C(NCC1CCCO1)c1cccc(C(=O)Nc2ccc(F)c(F)c2)n1. The van der Waals surface area contributed by atoms with Crippen LogP contribution in [0.2, 0.25) is 0 Å². The molecule has 0 spiro atoms. The summed E-state index contributed by atoms with van der Waals surface area (Å²) in [5.41, 5.74) is 0.157. The minimum absolute atomic E-state index is 0.00111. The Morgan fingerprint density at radius 1 is 1.12 bits per heavy atom. The maximum atomic E-state index is 13.2. The first-order valence-corrected chi connectivity index (χ1v) is 8.16. The first-order chi connectivity index (χ1) is 12.5. The number of anilines is 1. The standard InChI is InChI=1S/C18H17F2N3O3/c19-13-7-6-11(9-14(13)20)22-18(25)16-5-1-4-15(23-16)17(24)21-10-12-3-2-8-26-12/h1,4-7,9,12H,2-3,8,10H2,(H,21,24)(H,22,25). The van der Waals surface area contributed by atoms with Crippen LogP contribution in [-0.2, 0) is 4.74 Å². The molecule has 0 saturated carbocycles. The lowest BCUT2D eigenvalue weighted by molar-refractivity contribution is 0.0853. The fourth-order valence-corrected chi connectivity index (χ4v) is 2.56. The number of nitrogens with zero attached hydrogens (tertiary/aromatic N) is 1. The Bertz CT molecular complexity index is 823. The van der Waals surface area contributed by atoms with E-state index in [2.05, 4.69) is 15.6 Å². The summed E-state index contributed by atoms with van der Waals surface area (Å²) in [4.78, 5) is 28.4. The third-order valence-electron chi connectivity index (χ3n) is 3.91. The molecule has 8 heteroatoms. The molecule has 2 heterocycles. The topological polar surface area (TPSA) is 80.3 Å². The van der Waals surface area contributed by atoms with Crippen LogP contribution in [0, 0.1) is 11.6 Å². The van der Waals surface area contributed by atoms with E-state index in [0.29, 0.717) is 13.2 Å². The molecule has 26 heavy (non-hydrogen) atoms. The number of carbonyl (C=O) groups excluding carboxylic acids is 2. The monoisotopic (exact) mass is 361 g/mol. The van der Waals surface area contributed by atoms with Gasteiger partial charge in [0.15, 0.2) is 11.6 Å². The molecule has 0 bridgehead atoms. The zero-order valence-electron chi connectivity index (χ0n) is 13.8. The van der Waals surface area contributed by atoms with Crippen LogP contribution in [0.15, 0.2) is 36.4 Å². The number of rotatable bonds is 5. The van der Waals surface area contributed by atoms with Crippen LogP contribution < -0.4 is 10.6 Å². The van der Waals surface area contributed by atoms with Gasteiger partial charge >= 0.3 is 0 Å². The highest BCUT2D eigenvalue weighted by Crippen LogP contribution is 2.14. The fourth-order valence-electron chi connectivity index (χ4n) is 2.56. The van der Waals surface area contributed by atoms with Crippen molar-refractivity contribution < 1.29 is 23.1 Å². The fraction of sp³-hybridized carbons (Fsp3) is 0.278. The van der Waals surface area contributed by atoms with Crippen molar-refractivity contribution >= 4 is 17.5 Å². The number of ether oxygens (including phenoxy) is 1. The molecule has 1 aliphatic heterocycles. The van der Waals surface area contributed by atoms with Crippen molar-refractivity contribution in [1.82, 2.24) is 10.3 Å². The summed E-state index contributed by atoms with van der Waals surface area (Å²) in [6, 6.07) is 7.44. The van der Waals surface area contributed by atoms with E-state index in [9.17, 15) is 18.4 Å². The van der Waals surface area contributed by atoms with E-state index in [1.807, 2.05) is 0 Å². The van der Waals surface area contributed by atoms with Crippen molar-refractivity contribution in [2.24, 2.45) is 0 Å². The highest BCUT2D eigenvalue weighted by Gasteiger charge is 2.18. The lowest BCUT2D eigenvalue weighted by Gasteiger charge is -2.11. The first kappa shape index (κ1) is 17.9. The Labute approximate surface area is 148 Å². The Balaban J connectivity index is 1.64. The second-order valence-electron chi connectivity index (χ2n) is 5.84. The van der Waals surface area contributed by atoms with Crippen molar-refractivity contribution in [3.05, 3.63) is 59.4 Å². The molecule has 2 N–H and O–H groups in total. The van der Waals surface area contributed by atoms with Gasteiger partial charge in [0.2, 0.25) is 0 Å². The average Bonchev–Trinajstić information content (AvgIpc) is 3.16. The summed E-state index contributed by atoms with van der Waals surface area (Å²) in [7, 11) is 0. The zero-order chi connectivity index (χ0) is 18.5. The number of amides is 2. The summed E-state index contributed by atoms with van der Waals surface area (Å²) in [6.45, 7) is 1.07. The van der Waals surface area contributed by atoms with Gasteiger partial charge in [-0.1, -0.05) is 6.07 Å². The quantitative estimate of drug-likeness (QED) is 0.858. The van der Waals surface area contributed by atoms with Crippen LogP contribution in [-0.4, -0.2) is 36.1 Å². The van der Waals surface area contributed by atoms with E-state index in [1.165, 1.54) is 24.3 Å². The zero-order valence-corrected chi connectivity index (χ0v) is 13.8. The molecule has 1 aromatic carbocycles. The number of halogens is 2. The molecule has 1 atom stereocenters. The Hall–Kier alpha value is -2.87. The minimum atomic E-state index is -1.07. The molecule has 1 saturated heterocycles. The van der Waals surface area contributed by atoms with Gasteiger partial charge in [-0.3, -0.25) is 9.59 Å². The van der Waals surface area contributed by atoms with Crippen LogP contribution in [0.4, 0.5) is 14.5 Å². The van der Waals surface area contributed by atoms with Gasteiger partial charge in [0.1, 0.15) is 11.4 Å². The minimum Gasteiger partial charge on any atom is -0.376 e. The predicted molar refractivity (Wildman–Crippen MR) is 89.9 cm³/mol. The summed E-state index contributed by atoms with van der Waals surface area (Å²) in [5.74, 6) is -3.13. The first-order valence-electron chi connectivity index (χ1n) is 8.16. The Morgan fingerprint density at radius 3 is 2.58 bits per heavy atom. The second-order valence-corrected chi connectivity index (χ2v) is 5.84. The number of nitrogens with one attached hydrogen (secondary N) is 2. The van der Waals surface area contributed by atoms with Crippen LogP contribution in [0.3, 0.4) is 0 Å². The second kappa shape index (κ2) is 8.01. The summed E-state index contributed by atoms with van der Waals surface area (Å²) in [5, 5.41) is 5.13. The maximum Gasteiger partial charge on any atom is 0.274 e. The van der Waals surface area contributed by atoms with E-state index in [1.54, 1.807) is 0 Å². The van der Waals surface area contributed by atoms with Gasteiger partial charge < -0.3 is 15.4 Å². The van der Waals surface area contributed by atoms with E-state index in [0.717, 1.165) is 25.0 Å². The van der Waals surface area contributed by atoms with Gasteiger partial charge in [-0.05, 0) is 37.1 Å². The Kier molecular flexibility index (Phi) is 5.52. The summed E-state index contributed by atoms with van der Waals surface area (Å²) >= 11 is 0. The number of carbonyl (C=O) groups is 2. The number of hydrogen-bond acceptors (Lipinski definition) is 4. The smallest absolute Gasteiger partial charge is 0.274 e. The lowest BCUT2D eigenvalue weighted by atomic mass is 10.2. The highest BCUT2D eigenvalue weighted by molar-refractivity contribution is 6.03. The third-order valence-corrected chi connectivity index (χ3v) is 3.91. The van der Waals surface area contributed by atoms with E-state index < -0.39 is 23.4 Å². The van der Waals surface area contributed by atoms with Crippen LogP contribution in [0.25, 0.3) is 0 Å². The highest BCUT2D eigenvalue weighted by atomic mass is 19.2. The van der Waals surface area contributed by atoms with E-state index in [-0.39, 0.29) is 23.2 Å². The van der Waals surface area contributed by atoms with Gasteiger partial charge in [0, 0.05) is 24.9 Å². The molecular formula is C18H17F2N3O3. The van der Waals surface area contributed by atoms with Gasteiger partial charge in [0.05, 0.1) is 6.10 Å². The molecule has 1 unspecified atom stereocenters. The van der Waals surface area contributed by atoms with E-state index >= 15 is 0 Å². The molecule has 0 aliphatic carbocycles. The van der Waals surface area contributed by atoms with Crippen molar-refractivity contribution in [3.63, 3.8) is 0 Å². The third kappa shape index (κ3) is 4.40. The van der Waals surface area contributed by atoms with Gasteiger partial charge in [-0.25, -0.2) is 13.8 Å². The molecule has 6 nitrogen and oxygen atoms in total. The van der Waals surface area contributed by atoms with Gasteiger partial charge in [0.25, 0.3) is 11.8 Å². The van der Waals surface area contributed by atoms with Crippen LogP contribution >= 0.6 is 0 Å². The van der Waals surface area contributed by atoms with Crippen LogP contribution in [0.5, 0.6) is 0 Å². The molecular weight excluding hydrogens is 344 g/mol. The van der Waals surface area contributed by atoms with Crippen molar-refractivity contribution in [2.75, 3.05) is 18.5 Å². The molecule has 3 rings (SSSR count). The maximum absolute atomic E-state index is 13.2. The normalized spacial score (nSPS) is 16.3. The molecule has 136 valence electrons. The lowest BCUT2D eigenvalue weighted by Crippen LogP contribution is -2.32. The number of pyridine rings is 1. The van der Waals surface area contributed by atoms with E-state index in [4.69, 9.17) is 4.74 Å². The molecule has 1 aliphatic rings. The Morgan fingerprint density at radius 2 is 1.88 bits per heavy atom. The van der Waals surface area contributed by atoms with Gasteiger partial charge in [-0.2, -0.15) is 0 Å².